The summed E-state index contributed by atoms with van der Waals surface area (Å²) in [6.07, 6.45) is 7.09. The van der Waals surface area contributed by atoms with Crippen molar-refractivity contribution < 1.29 is 0 Å². The molecule has 1 N–H and O–H groups in total. The molecule has 0 saturated carbocycles. The Hall–Kier alpha value is -1.40. The van der Waals surface area contributed by atoms with Crippen LogP contribution < -0.4 is 5.32 Å². The van der Waals surface area contributed by atoms with Gasteiger partial charge in [-0.3, -0.25) is 9.97 Å². The Morgan fingerprint density at radius 1 is 1.47 bits per heavy atom. The first-order valence-corrected chi connectivity index (χ1v) is 5.27. The SMILES string of the molecule is CC#CCC(NCCC)c1cnccn1. The van der Waals surface area contributed by atoms with Crippen LogP contribution >= 0.6 is 0 Å². The highest BCUT2D eigenvalue weighted by Crippen LogP contribution is 2.11. The van der Waals surface area contributed by atoms with Crippen molar-refractivity contribution in [1.82, 2.24) is 15.3 Å². The zero-order valence-electron chi connectivity index (χ0n) is 9.33. The second-order valence-electron chi connectivity index (χ2n) is 3.27. The van der Waals surface area contributed by atoms with Gasteiger partial charge < -0.3 is 5.32 Å². The first-order valence-electron chi connectivity index (χ1n) is 5.27. The molecule has 0 spiro atoms. The fourth-order valence-electron chi connectivity index (χ4n) is 1.29. The van der Waals surface area contributed by atoms with E-state index < -0.39 is 0 Å². The minimum absolute atomic E-state index is 0.200. The van der Waals surface area contributed by atoms with Gasteiger partial charge in [0.05, 0.1) is 17.9 Å². The maximum absolute atomic E-state index is 4.29. The predicted molar refractivity (Wildman–Crippen MR) is 61.1 cm³/mol. The summed E-state index contributed by atoms with van der Waals surface area (Å²) in [7, 11) is 0. The average molecular weight is 203 g/mol. The molecule has 1 atom stereocenters. The molecule has 15 heavy (non-hydrogen) atoms. The maximum Gasteiger partial charge on any atom is 0.0765 e. The molecule has 0 fully saturated rings. The van der Waals surface area contributed by atoms with Crippen molar-refractivity contribution in [2.75, 3.05) is 6.54 Å². The molecule has 1 aromatic heterocycles. The molecule has 1 rings (SSSR count). The van der Waals surface area contributed by atoms with Crippen molar-refractivity contribution in [3.63, 3.8) is 0 Å². The molecule has 1 unspecified atom stereocenters. The van der Waals surface area contributed by atoms with Gasteiger partial charge in [-0.1, -0.05) is 6.92 Å². The Kier molecular flexibility index (Phi) is 5.42. The van der Waals surface area contributed by atoms with Gasteiger partial charge >= 0.3 is 0 Å². The lowest BCUT2D eigenvalue weighted by Gasteiger charge is -2.14. The number of nitrogens with zero attached hydrogens (tertiary/aromatic N) is 2. The third-order valence-corrected chi connectivity index (χ3v) is 2.06. The van der Waals surface area contributed by atoms with E-state index in [2.05, 4.69) is 34.0 Å². The fourth-order valence-corrected chi connectivity index (χ4v) is 1.29. The number of nitrogens with one attached hydrogen (secondary N) is 1. The maximum atomic E-state index is 4.29. The van der Waals surface area contributed by atoms with Crippen LogP contribution in [0.4, 0.5) is 0 Å². The highest BCUT2D eigenvalue weighted by atomic mass is 14.9. The summed E-state index contributed by atoms with van der Waals surface area (Å²) in [5.41, 5.74) is 0.966. The summed E-state index contributed by atoms with van der Waals surface area (Å²) in [6.45, 7) is 4.98. The van der Waals surface area contributed by atoms with Gasteiger partial charge in [0.2, 0.25) is 0 Å². The van der Waals surface area contributed by atoms with Gasteiger partial charge in [0.1, 0.15) is 0 Å². The van der Waals surface area contributed by atoms with Crippen LogP contribution in [-0.2, 0) is 0 Å². The molecular weight excluding hydrogens is 186 g/mol. The van der Waals surface area contributed by atoms with Crippen LogP contribution in [0.15, 0.2) is 18.6 Å². The van der Waals surface area contributed by atoms with Crippen molar-refractivity contribution in [3.05, 3.63) is 24.3 Å². The van der Waals surface area contributed by atoms with E-state index in [-0.39, 0.29) is 6.04 Å². The number of hydrogen-bond acceptors (Lipinski definition) is 3. The third kappa shape index (κ3) is 4.09. The van der Waals surface area contributed by atoms with Gasteiger partial charge in [-0.2, -0.15) is 0 Å². The molecular formula is C12H17N3. The molecule has 1 heterocycles. The molecule has 0 aliphatic rings. The van der Waals surface area contributed by atoms with Crippen molar-refractivity contribution in [2.24, 2.45) is 0 Å². The van der Waals surface area contributed by atoms with Crippen LogP contribution in [0.3, 0.4) is 0 Å². The van der Waals surface area contributed by atoms with Crippen LogP contribution in [0.1, 0.15) is 38.4 Å². The molecule has 0 saturated heterocycles. The lowest BCUT2D eigenvalue weighted by atomic mass is 10.1. The Morgan fingerprint density at radius 3 is 2.93 bits per heavy atom. The van der Waals surface area contributed by atoms with Crippen molar-refractivity contribution >= 4 is 0 Å². The van der Waals surface area contributed by atoms with Gasteiger partial charge in [0.15, 0.2) is 0 Å². The zero-order valence-corrected chi connectivity index (χ0v) is 9.33. The predicted octanol–water partition coefficient (Wildman–Crippen LogP) is 1.93. The minimum atomic E-state index is 0.200. The van der Waals surface area contributed by atoms with E-state index in [9.17, 15) is 0 Å². The van der Waals surface area contributed by atoms with Crippen LogP contribution in [0.25, 0.3) is 0 Å². The van der Waals surface area contributed by atoms with Crippen molar-refractivity contribution in [2.45, 2.75) is 32.7 Å². The average Bonchev–Trinajstić information content (AvgIpc) is 2.30. The van der Waals surface area contributed by atoms with E-state index in [1.807, 2.05) is 6.92 Å². The van der Waals surface area contributed by atoms with Crippen LogP contribution in [0, 0.1) is 11.8 Å². The molecule has 0 aromatic carbocycles. The zero-order chi connectivity index (χ0) is 10.9. The van der Waals surface area contributed by atoms with Crippen molar-refractivity contribution in [1.29, 1.82) is 0 Å². The third-order valence-electron chi connectivity index (χ3n) is 2.06. The summed E-state index contributed by atoms with van der Waals surface area (Å²) in [4.78, 5) is 8.36. The smallest absolute Gasteiger partial charge is 0.0765 e. The summed E-state index contributed by atoms with van der Waals surface area (Å²) in [5, 5.41) is 3.42. The summed E-state index contributed by atoms with van der Waals surface area (Å²) < 4.78 is 0. The molecule has 0 aliphatic heterocycles. The number of aromatic nitrogens is 2. The van der Waals surface area contributed by atoms with Gasteiger partial charge in [-0.15, -0.1) is 11.8 Å². The first kappa shape index (κ1) is 11.7. The molecule has 1 aromatic rings. The van der Waals surface area contributed by atoms with E-state index in [1.165, 1.54) is 0 Å². The van der Waals surface area contributed by atoms with E-state index in [4.69, 9.17) is 0 Å². The summed E-state index contributed by atoms with van der Waals surface area (Å²) >= 11 is 0. The minimum Gasteiger partial charge on any atom is -0.308 e. The highest BCUT2D eigenvalue weighted by molar-refractivity contribution is 5.08. The van der Waals surface area contributed by atoms with Gasteiger partial charge in [-0.25, -0.2) is 0 Å². The Balaban J connectivity index is 2.65. The van der Waals surface area contributed by atoms with E-state index in [1.54, 1.807) is 18.6 Å². The van der Waals surface area contributed by atoms with E-state index in [0.717, 1.165) is 25.1 Å². The number of rotatable bonds is 5. The monoisotopic (exact) mass is 203 g/mol. The molecule has 3 nitrogen and oxygen atoms in total. The van der Waals surface area contributed by atoms with Gasteiger partial charge in [0, 0.05) is 18.8 Å². The number of hydrogen-bond donors (Lipinski definition) is 1. The fraction of sp³-hybridized carbons (Fsp3) is 0.500. The van der Waals surface area contributed by atoms with Crippen LogP contribution in [0.5, 0.6) is 0 Å². The molecule has 80 valence electrons. The molecule has 0 radical (unpaired) electrons. The lowest BCUT2D eigenvalue weighted by Crippen LogP contribution is -2.22. The largest absolute Gasteiger partial charge is 0.308 e. The highest BCUT2D eigenvalue weighted by Gasteiger charge is 2.09. The van der Waals surface area contributed by atoms with Crippen LogP contribution in [0.2, 0.25) is 0 Å². The standard InChI is InChI=1S/C12H17N3/c1-3-5-6-11(14-7-4-2)12-10-13-8-9-15-12/h8-11,14H,4,6-7H2,1-2H3. The summed E-state index contributed by atoms with van der Waals surface area (Å²) in [6, 6.07) is 0.200. The first-order chi connectivity index (χ1) is 7.38. The normalized spacial score (nSPS) is 11.6. The summed E-state index contributed by atoms with van der Waals surface area (Å²) in [5.74, 6) is 5.98. The van der Waals surface area contributed by atoms with E-state index in [0.29, 0.717) is 0 Å². The quantitative estimate of drug-likeness (QED) is 0.743. The molecule has 0 aliphatic carbocycles. The van der Waals surface area contributed by atoms with Crippen molar-refractivity contribution in [3.8, 4) is 11.8 Å². The molecule has 0 bridgehead atoms. The lowest BCUT2D eigenvalue weighted by molar-refractivity contribution is 0.529. The van der Waals surface area contributed by atoms with E-state index >= 15 is 0 Å². The Labute approximate surface area is 91.3 Å². The van der Waals surface area contributed by atoms with Gasteiger partial charge in [-0.05, 0) is 19.9 Å². The van der Waals surface area contributed by atoms with Crippen LogP contribution in [-0.4, -0.2) is 16.5 Å². The Bertz CT molecular complexity index is 324. The molecule has 0 amide bonds. The second-order valence-corrected chi connectivity index (χ2v) is 3.27. The second kappa shape index (κ2) is 6.97. The topological polar surface area (TPSA) is 37.8 Å². The Morgan fingerprint density at radius 2 is 2.33 bits per heavy atom. The molecule has 3 heteroatoms. The van der Waals surface area contributed by atoms with Gasteiger partial charge in [0.25, 0.3) is 0 Å².